The van der Waals surface area contributed by atoms with Crippen LogP contribution in [0.3, 0.4) is 0 Å². The van der Waals surface area contributed by atoms with Crippen LogP contribution in [0.15, 0.2) is 71.5 Å². The Labute approximate surface area is 150 Å². The van der Waals surface area contributed by atoms with Crippen LogP contribution in [0.2, 0.25) is 5.02 Å². The van der Waals surface area contributed by atoms with Crippen molar-refractivity contribution < 1.29 is 4.74 Å². The first kappa shape index (κ1) is 15.7. The summed E-state index contributed by atoms with van der Waals surface area (Å²) in [5, 5.41) is 1.73. The summed E-state index contributed by atoms with van der Waals surface area (Å²) in [4.78, 5) is 13.0. The van der Waals surface area contributed by atoms with Crippen molar-refractivity contribution in [1.29, 1.82) is 0 Å². The maximum atomic E-state index is 13.0. The molecule has 0 unspecified atom stereocenters. The van der Waals surface area contributed by atoms with Crippen molar-refractivity contribution in [3.8, 4) is 5.75 Å². The predicted molar refractivity (Wildman–Crippen MR) is 103 cm³/mol. The molecule has 0 aliphatic heterocycles. The Balaban J connectivity index is 2.16. The first-order valence-corrected chi connectivity index (χ1v) is 8.39. The van der Waals surface area contributed by atoms with E-state index in [9.17, 15) is 4.79 Å². The third-order valence-electron chi connectivity index (χ3n) is 4.40. The maximum absolute atomic E-state index is 13.0. The molecular weight excluding hydrogens is 334 g/mol. The summed E-state index contributed by atoms with van der Waals surface area (Å²) < 4.78 is 7.67. The quantitative estimate of drug-likeness (QED) is 0.494. The van der Waals surface area contributed by atoms with Gasteiger partial charge in [-0.1, -0.05) is 54.1 Å². The summed E-state index contributed by atoms with van der Waals surface area (Å²) in [6.45, 7) is 0.635. The molecule has 0 amide bonds. The van der Waals surface area contributed by atoms with Crippen molar-refractivity contribution >= 4 is 33.4 Å². The zero-order valence-electron chi connectivity index (χ0n) is 13.7. The van der Waals surface area contributed by atoms with E-state index in [2.05, 4.69) is 16.7 Å². The molecular formula is C21H16ClNO2. The van der Waals surface area contributed by atoms with Gasteiger partial charge >= 0.3 is 0 Å². The lowest BCUT2D eigenvalue weighted by molar-refractivity contribution is 0.417. The molecule has 3 nitrogen and oxygen atoms in total. The molecule has 0 saturated carbocycles. The second-order valence-corrected chi connectivity index (χ2v) is 6.36. The Morgan fingerprint density at radius 3 is 2.44 bits per heavy atom. The van der Waals surface area contributed by atoms with Gasteiger partial charge in [0.15, 0.2) is 5.43 Å². The summed E-state index contributed by atoms with van der Waals surface area (Å²) in [6, 6.07) is 21.3. The van der Waals surface area contributed by atoms with Gasteiger partial charge in [-0.2, -0.15) is 0 Å². The topological polar surface area (TPSA) is 31.2 Å². The van der Waals surface area contributed by atoms with Crippen LogP contribution in [0, 0.1) is 0 Å². The Kier molecular flexibility index (Phi) is 3.94. The first-order valence-electron chi connectivity index (χ1n) is 8.02. The van der Waals surface area contributed by atoms with E-state index in [4.69, 9.17) is 16.3 Å². The largest absolute Gasteiger partial charge is 0.494 e. The average Bonchev–Trinajstić information content (AvgIpc) is 2.65. The molecule has 124 valence electrons. The van der Waals surface area contributed by atoms with E-state index in [0.29, 0.717) is 28.1 Å². The highest BCUT2D eigenvalue weighted by molar-refractivity contribution is 6.31. The van der Waals surface area contributed by atoms with Crippen LogP contribution >= 0.6 is 11.6 Å². The zero-order valence-corrected chi connectivity index (χ0v) is 14.5. The summed E-state index contributed by atoms with van der Waals surface area (Å²) in [5.74, 6) is 0.598. The Bertz CT molecular complexity index is 1130. The third kappa shape index (κ3) is 2.67. The summed E-state index contributed by atoms with van der Waals surface area (Å²) >= 11 is 6.21. The van der Waals surface area contributed by atoms with E-state index in [1.807, 2.05) is 42.5 Å². The summed E-state index contributed by atoms with van der Waals surface area (Å²) in [6.07, 6.45) is 0. The van der Waals surface area contributed by atoms with Crippen molar-refractivity contribution in [2.45, 2.75) is 6.54 Å². The molecule has 3 aromatic carbocycles. The van der Waals surface area contributed by atoms with Crippen LogP contribution in [0.5, 0.6) is 5.75 Å². The van der Waals surface area contributed by atoms with Gasteiger partial charge in [0.25, 0.3) is 0 Å². The number of benzene rings is 3. The second-order valence-electron chi connectivity index (χ2n) is 5.92. The number of nitrogens with zero attached hydrogens (tertiary/aromatic N) is 1. The van der Waals surface area contributed by atoms with E-state index in [-0.39, 0.29) is 5.43 Å². The number of methoxy groups -OCH3 is 1. The molecule has 0 bridgehead atoms. The fraction of sp³-hybridized carbons (Fsp3) is 0.0952. The van der Waals surface area contributed by atoms with Crippen LogP contribution in [-0.2, 0) is 6.54 Å². The Morgan fingerprint density at radius 1 is 0.960 bits per heavy atom. The second kappa shape index (κ2) is 6.26. The lowest BCUT2D eigenvalue weighted by Gasteiger charge is -2.18. The molecule has 4 aromatic rings. The fourth-order valence-electron chi connectivity index (χ4n) is 3.28. The van der Waals surface area contributed by atoms with Gasteiger partial charge in [-0.25, -0.2) is 0 Å². The molecule has 0 radical (unpaired) electrons. The Hall–Kier alpha value is -2.78. The summed E-state index contributed by atoms with van der Waals surface area (Å²) in [5.41, 5.74) is 2.76. The molecule has 25 heavy (non-hydrogen) atoms. The highest BCUT2D eigenvalue weighted by Crippen LogP contribution is 2.31. The van der Waals surface area contributed by atoms with Gasteiger partial charge in [0.2, 0.25) is 0 Å². The third-order valence-corrected chi connectivity index (χ3v) is 4.62. The number of fused-ring (bicyclic) bond motifs is 2. The number of aromatic nitrogens is 1. The van der Waals surface area contributed by atoms with Crippen LogP contribution in [0.1, 0.15) is 5.56 Å². The lowest BCUT2D eigenvalue weighted by Crippen LogP contribution is -2.13. The molecule has 0 saturated heterocycles. The Morgan fingerprint density at radius 2 is 1.68 bits per heavy atom. The van der Waals surface area contributed by atoms with Gasteiger partial charge in [0.05, 0.1) is 23.5 Å². The van der Waals surface area contributed by atoms with Crippen molar-refractivity contribution in [3.05, 3.63) is 87.5 Å². The van der Waals surface area contributed by atoms with Gasteiger partial charge in [0.1, 0.15) is 5.75 Å². The van der Waals surface area contributed by atoms with Gasteiger partial charge in [-0.3, -0.25) is 4.79 Å². The predicted octanol–water partition coefficient (Wildman–Crippen LogP) is 4.87. The minimum Gasteiger partial charge on any atom is -0.494 e. The maximum Gasteiger partial charge on any atom is 0.197 e. The number of pyridine rings is 1. The van der Waals surface area contributed by atoms with Crippen molar-refractivity contribution in [1.82, 2.24) is 4.57 Å². The van der Waals surface area contributed by atoms with E-state index < -0.39 is 0 Å². The minimum atomic E-state index is -0.0317. The van der Waals surface area contributed by atoms with Gasteiger partial charge in [0, 0.05) is 23.0 Å². The highest BCUT2D eigenvalue weighted by atomic mass is 35.5. The first-order chi connectivity index (χ1) is 12.2. The standard InChI is InChI=1S/C21H16ClNO2/c1-25-19-12-15(22)11-17-20(19)23(13-14-7-3-2-4-8-14)18-10-6-5-9-16(18)21(17)24/h2-12H,13H2,1H3. The summed E-state index contributed by atoms with van der Waals surface area (Å²) in [7, 11) is 1.59. The number of hydrogen-bond donors (Lipinski definition) is 0. The molecule has 0 N–H and O–H groups in total. The molecule has 0 aliphatic carbocycles. The number of rotatable bonds is 3. The van der Waals surface area contributed by atoms with Gasteiger partial charge < -0.3 is 9.30 Å². The van der Waals surface area contributed by atoms with Crippen LogP contribution in [0.25, 0.3) is 21.8 Å². The van der Waals surface area contributed by atoms with Crippen molar-refractivity contribution in [2.75, 3.05) is 7.11 Å². The number of hydrogen-bond acceptors (Lipinski definition) is 2. The monoisotopic (exact) mass is 349 g/mol. The lowest BCUT2D eigenvalue weighted by atomic mass is 10.1. The molecule has 0 fully saturated rings. The van der Waals surface area contributed by atoms with E-state index >= 15 is 0 Å². The number of para-hydroxylation sites is 1. The van der Waals surface area contributed by atoms with Crippen LogP contribution < -0.4 is 10.2 Å². The van der Waals surface area contributed by atoms with E-state index in [1.165, 1.54) is 0 Å². The molecule has 1 heterocycles. The van der Waals surface area contributed by atoms with Gasteiger partial charge in [-0.05, 0) is 23.8 Å². The van der Waals surface area contributed by atoms with Crippen LogP contribution in [-0.4, -0.2) is 11.7 Å². The van der Waals surface area contributed by atoms with Crippen molar-refractivity contribution in [3.63, 3.8) is 0 Å². The number of halogens is 1. The number of ether oxygens (including phenoxy) is 1. The zero-order chi connectivity index (χ0) is 17.4. The fourth-order valence-corrected chi connectivity index (χ4v) is 3.49. The minimum absolute atomic E-state index is 0.0317. The smallest absolute Gasteiger partial charge is 0.197 e. The van der Waals surface area contributed by atoms with E-state index in [0.717, 1.165) is 16.6 Å². The molecule has 1 aromatic heterocycles. The SMILES string of the molecule is COc1cc(Cl)cc2c(=O)c3ccccc3n(Cc3ccccc3)c12. The average molecular weight is 350 g/mol. The van der Waals surface area contributed by atoms with Gasteiger partial charge in [-0.15, -0.1) is 0 Å². The molecule has 0 spiro atoms. The molecule has 0 atom stereocenters. The normalized spacial score (nSPS) is 11.1. The molecule has 0 aliphatic rings. The molecule has 4 rings (SSSR count). The van der Waals surface area contributed by atoms with Crippen molar-refractivity contribution in [2.24, 2.45) is 0 Å². The molecule has 4 heteroatoms. The van der Waals surface area contributed by atoms with Crippen LogP contribution in [0.4, 0.5) is 0 Å². The van der Waals surface area contributed by atoms with E-state index in [1.54, 1.807) is 19.2 Å². The highest BCUT2D eigenvalue weighted by Gasteiger charge is 2.15.